The number of hydrogen-bond acceptors (Lipinski definition) is 4. The maximum Gasteiger partial charge on any atom is 0.332 e. The van der Waals surface area contributed by atoms with Gasteiger partial charge in [0.2, 0.25) is 0 Å². The number of urea groups is 1. The van der Waals surface area contributed by atoms with Gasteiger partial charge in [0.15, 0.2) is 0 Å². The van der Waals surface area contributed by atoms with Crippen molar-refractivity contribution in [3.63, 3.8) is 0 Å². The van der Waals surface area contributed by atoms with E-state index in [2.05, 4.69) is 0 Å². The molecule has 0 bridgehead atoms. The topological polar surface area (TPSA) is 83.8 Å². The Hall–Kier alpha value is -2.44. The van der Waals surface area contributed by atoms with E-state index < -0.39 is 11.0 Å². The number of nitrogens with zero attached hydrogens (tertiary/aromatic N) is 3. The highest BCUT2D eigenvalue weighted by Gasteiger charge is 2.48. The molecule has 3 amide bonds. The number of nitro groups is 1. The number of fused-ring (bicyclic) bond motifs is 1. The van der Waals surface area contributed by atoms with E-state index in [1.165, 1.54) is 12.1 Å². The molecule has 20 heavy (non-hydrogen) atoms. The van der Waals surface area contributed by atoms with Gasteiger partial charge in [-0.2, -0.15) is 0 Å². The molecule has 0 unspecified atom stereocenters. The minimum absolute atomic E-state index is 0.127. The van der Waals surface area contributed by atoms with E-state index in [9.17, 15) is 19.7 Å². The number of nitro benzene ring substituents is 1. The number of hydrogen-bond donors (Lipinski definition) is 0. The van der Waals surface area contributed by atoms with Gasteiger partial charge in [0.05, 0.1) is 10.6 Å². The lowest BCUT2D eigenvalue weighted by Crippen LogP contribution is -2.33. The third kappa shape index (κ3) is 1.66. The zero-order valence-corrected chi connectivity index (χ0v) is 10.9. The molecule has 2 aliphatic heterocycles. The highest BCUT2D eigenvalue weighted by atomic mass is 16.6. The van der Waals surface area contributed by atoms with Gasteiger partial charge < -0.3 is 4.90 Å². The minimum Gasteiger partial charge on any atom is -0.312 e. The summed E-state index contributed by atoms with van der Waals surface area (Å²) >= 11 is 0. The number of anilines is 1. The van der Waals surface area contributed by atoms with E-state index in [4.69, 9.17) is 0 Å². The van der Waals surface area contributed by atoms with Gasteiger partial charge in [0.1, 0.15) is 6.04 Å². The summed E-state index contributed by atoms with van der Waals surface area (Å²) in [6, 6.07) is 3.43. The van der Waals surface area contributed by atoms with Crippen LogP contribution in [0.15, 0.2) is 18.2 Å². The number of non-ortho nitro benzene ring substituents is 1. The zero-order chi connectivity index (χ0) is 14.4. The maximum absolute atomic E-state index is 12.3. The van der Waals surface area contributed by atoms with Crippen LogP contribution in [0.5, 0.6) is 0 Å². The van der Waals surface area contributed by atoms with Crippen molar-refractivity contribution in [1.82, 2.24) is 4.90 Å². The molecule has 104 valence electrons. The van der Waals surface area contributed by atoms with Crippen molar-refractivity contribution in [2.75, 3.05) is 11.4 Å². The molecule has 0 spiro atoms. The summed E-state index contributed by atoms with van der Waals surface area (Å²) in [6.45, 7) is 2.29. The summed E-state index contributed by atoms with van der Waals surface area (Å²) in [6.07, 6.45) is 1.49. The molecule has 2 saturated heterocycles. The van der Waals surface area contributed by atoms with Gasteiger partial charge in [-0.3, -0.25) is 14.9 Å². The lowest BCUT2D eigenvalue weighted by molar-refractivity contribution is -0.384. The second-order valence-electron chi connectivity index (χ2n) is 5.04. The minimum atomic E-state index is -0.533. The van der Waals surface area contributed by atoms with Gasteiger partial charge in [-0.1, -0.05) is 6.07 Å². The summed E-state index contributed by atoms with van der Waals surface area (Å²) in [5, 5.41) is 10.8. The molecule has 0 aromatic heterocycles. The number of aryl methyl sites for hydroxylation is 1. The lowest BCUT2D eigenvalue weighted by atomic mass is 10.1. The maximum atomic E-state index is 12.3. The predicted octanol–water partition coefficient (Wildman–Crippen LogP) is 1.83. The molecule has 1 aromatic carbocycles. The SMILES string of the molecule is Cc1ccc([N+](=O)[O-])cc1N1C(=O)[C@H]2CCCN2C1=O. The summed E-state index contributed by atoms with van der Waals surface area (Å²) in [5.41, 5.74) is 0.848. The Bertz CT molecular complexity index is 606. The highest BCUT2D eigenvalue weighted by molar-refractivity contribution is 6.22. The Balaban J connectivity index is 2.05. The fourth-order valence-electron chi connectivity index (χ4n) is 2.80. The van der Waals surface area contributed by atoms with Crippen LogP contribution in [-0.2, 0) is 4.79 Å². The first-order valence-electron chi connectivity index (χ1n) is 6.40. The second-order valence-corrected chi connectivity index (χ2v) is 5.04. The van der Waals surface area contributed by atoms with Gasteiger partial charge in [-0.25, -0.2) is 9.69 Å². The van der Waals surface area contributed by atoms with Crippen molar-refractivity contribution in [3.05, 3.63) is 33.9 Å². The number of imide groups is 1. The molecule has 1 atom stereocenters. The number of amides is 3. The first-order valence-corrected chi connectivity index (χ1v) is 6.40. The van der Waals surface area contributed by atoms with Crippen LogP contribution in [0.25, 0.3) is 0 Å². The van der Waals surface area contributed by atoms with Gasteiger partial charge in [-0.15, -0.1) is 0 Å². The van der Waals surface area contributed by atoms with E-state index in [0.29, 0.717) is 24.2 Å². The van der Waals surface area contributed by atoms with E-state index in [1.54, 1.807) is 17.9 Å². The average Bonchev–Trinajstić information content (AvgIpc) is 2.96. The standard InChI is InChI=1S/C13H13N3O4/c1-8-4-5-9(16(19)20)7-11(8)15-12(17)10-3-2-6-14(10)13(15)18/h4-5,7,10H,2-3,6H2,1H3/t10-/m1/s1. The number of carbonyl (C=O) groups is 2. The van der Waals surface area contributed by atoms with Gasteiger partial charge in [-0.05, 0) is 25.3 Å². The van der Waals surface area contributed by atoms with Crippen molar-refractivity contribution >= 4 is 23.3 Å². The largest absolute Gasteiger partial charge is 0.332 e. The Morgan fingerprint density at radius 3 is 2.75 bits per heavy atom. The van der Waals surface area contributed by atoms with Crippen molar-refractivity contribution < 1.29 is 14.5 Å². The molecule has 2 aliphatic rings. The van der Waals surface area contributed by atoms with Crippen LogP contribution in [-0.4, -0.2) is 34.3 Å². The van der Waals surface area contributed by atoms with Crippen LogP contribution in [0.2, 0.25) is 0 Å². The van der Waals surface area contributed by atoms with E-state index in [1.807, 2.05) is 0 Å². The summed E-state index contributed by atoms with van der Waals surface area (Å²) in [5.74, 6) is -0.281. The molecule has 0 aliphatic carbocycles. The zero-order valence-electron chi connectivity index (χ0n) is 10.9. The van der Waals surface area contributed by atoms with Crippen molar-refractivity contribution in [2.24, 2.45) is 0 Å². The van der Waals surface area contributed by atoms with Crippen molar-refractivity contribution in [3.8, 4) is 0 Å². The number of benzene rings is 1. The first-order chi connectivity index (χ1) is 9.50. The van der Waals surface area contributed by atoms with Crippen LogP contribution >= 0.6 is 0 Å². The quantitative estimate of drug-likeness (QED) is 0.468. The normalized spacial score (nSPS) is 21.6. The highest BCUT2D eigenvalue weighted by Crippen LogP contribution is 2.34. The fraction of sp³-hybridized carbons (Fsp3) is 0.385. The van der Waals surface area contributed by atoms with Crippen LogP contribution < -0.4 is 4.90 Å². The molecule has 1 aromatic rings. The average molecular weight is 275 g/mol. The third-order valence-electron chi connectivity index (χ3n) is 3.84. The monoisotopic (exact) mass is 275 g/mol. The van der Waals surface area contributed by atoms with Crippen LogP contribution in [0.3, 0.4) is 0 Å². The molecule has 7 nitrogen and oxygen atoms in total. The van der Waals surface area contributed by atoms with E-state index >= 15 is 0 Å². The van der Waals surface area contributed by atoms with Gasteiger partial charge in [0, 0.05) is 18.7 Å². The first kappa shape index (κ1) is 12.6. The fourth-order valence-corrected chi connectivity index (χ4v) is 2.80. The van der Waals surface area contributed by atoms with E-state index in [0.717, 1.165) is 11.3 Å². The van der Waals surface area contributed by atoms with Crippen LogP contribution in [0.1, 0.15) is 18.4 Å². The predicted molar refractivity (Wildman–Crippen MR) is 70.4 cm³/mol. The molecule has 2 heterocycles. The van der Waals surface area contributed by atoms with Gasteiger partial charge >= 0.3 is 6.03 Å². The molecular formula is C13H13N3O4. The molecular weight excluding hydrogens is 262 g/mol. The van der Waals surface area contributed by atoms with E-state index in [-0.39, 0.29) is 17.6 Å². The molecule has 0 saturated carbocycles. The Morgan fingerprint density at radius 1 is 1.35 bits per heavy atom. The molecule has 3 rings (SSSR count). The van der Waals surface area contributed by atoms with Crippen LogP contribution in [0, 0.1) is 17.0 Å². The summed E-state index contributed by atoms with van der Waals surface area (Å²) < 4.78 is 0. The van der Waals surface area contributed by atoms with Crippen molar-refractivity contribution in [1.29, 1.82) is 0 Å². The molecule has 7 heteroatoms. The molecule has 0 N–H and O–H groups in total. The summed E-state index contributed by atoms with van der Waals surface area (Å²) in [4.78, 5) is 37.5. The van der Waals surface area contributed by atoms with Gasteiger partial charge in [0.25, 0.3) is 11.6 Å². The molecule has 0 radical (unpaired) electrons. The Morgan fingerprint density at radius 2 is 2.10 bits per heavy atom. The van der Waals surface area contributed by atoms with Crippen LogP contribution in [0.4, 0.5) is 16.2 Å². The number of carbonyl (C=O) groups excluding carboxylic acids is 2. The Labute approximate surface area is 114 Å². The summed E-state index contributed by atoms with van der Waals surface area (Å²) in [7, 11) is 0. The Kier molecular flexibility index (Phi) is 2.70. The molecule has 2 fully saturated rings. The third-order valence-corrected chi connectivity index (χ3v) is 3.84. The second kappa shape index (κ2) is 4.29. The number of rotatable bonds is 2. The van der Waals surface area contributed by atoms with Crippen molar-refractivity contribution in [2.45, 2.75) is 25.8 Å². The smallest absolute Gasteiger partial charge is 0.312 e. The lowest BCUT2D eigenvalue weighted by Gasteiger charge is -2.17.